The van der Waals surface area contributed by atoms with Crippen molar-refractivity contribution in [3.05, 3.63) is 89.5 Å². The van der Waals surface area contributed by atoms with E-state index in [0.717, 1.165) is 10.6 Å². The summed E-state index contributed by atoms with van der Waals surface area (Å²) in [6, 6.07) is 20.6. The number of carbonyl (C=O) groups excluding carboxylic acids is 3. The lowest BCUT2D eigenvalue weighted by Gasteiger charge is -2.15. The van der Waals surface area contributed by atoms with Gasteiger partial charge in [0.1, 0.15) is 0 Å². The number of anilines is 3. The number of amides is 3. The molecule has 6 heteroatoms. The van der Waals surface area contributed by atoms with E-state index in [9.17, 15) is 14.4 Å². The van der Waals surface area contributed by atoms with E-state index in [-0.39, 0.29) is 17.7 Å². The highest BCUT2D eigenvalue weighted by molar-refractivity contribution is 6.34. The van der Waals surface area contributed by atoms with Crippen LogP contribution >= 0.6 is 0 Å². The van der Waals surface area contributed by atoms with Gasteiger partial charge in [-0.3, -0.25) is 14.4 Å². The smallest absolute Gasteiger partial charge is 0.266 e. The quantitative estimate of drug-likeness (QED) is 0.694. The monoisotopic (exact) mass is 385 g/mol. The fourth-order valence-corrected chi connectivity index (χ4v) is 3.23. The molecule has 0 radical (unpaired) electrons. The van der Waals surface area contributed by atoms with Crippen molar-refractivity contribution < 1.29 is 14.4 Å². The Bertz CT molecular complexity index is 1070. The second-order valence-electron chi connectivity index (χ2n) is 6.93. The van der Waals surface area contributed by atoms with Gasteiger partial charge in [0.05, 0.1) is 16.8 Å². The van der Waals surface area contributed by atoms with E-state index in [0.29, 0.717) is 28.1 Å². The molecule has 1 aliphatic heterocycles. The summed E-state index contributed by atoms with van der Waals surface area (Å²) in [5.41, 5.74) is 3.37. The van der Waals surface area contributed by atoms with E-state index in [1.807, 2.05) is 43.3 Å². The Hall–Kier alpha value is -3.93. The molecule has 1 N–H and O–H groups in total. The summed E-state index contributed by atoms with van der Waals surface area (Å²) in [7, 11) is 3.90. The Kier molecular flexibility index (Phi) is 4.60. The molecule has 1 aliphatic rings. The van der Waals surface area contributed by atoms with E-state index < -0.39 is 0 Å². The molecule has 6 nitrogen and oxygen atoms in total. The number of fused-ring (bicyclic) bond motifs is 1. The summed E-state index contributed by atoms with van der Waals surface area (Å²) in [4.78, 5) is 40.7. The Morgan fingerprint density at radius 2 is 1.34 bits per heavy atom. The summed E-state index contributed by atoms with van der Waals surface area (Å²) >= 11 is 0. The maximum absolute atomic E-state index is 12.6. The van der Waals surface area contributed by atoms with Crippen molar-refractivity contribution in [3.63, 3.8) is 0 Å². The molecule has 1 heterocycles. The van der Waals surface area contributed by atoms with Crippen LogP contribution in [-0.2, 0) is 0 Å². The van der Waals surface area contributed by atoms with Crippen molar-refractivity contribution in [2.24, 2.45) is 0 Å². The van der Waals surface area contributed by atoms with Crippen LogP contribution < -0.4 is 15.1 Å². The van der Waals surface area contributed by atoms with Gasteiger partial charge in [-0.05, 0) is 60.7 Å². The average Bonchev–Trinajstić information content (AvgIpc) is 2.99. The molecule has 4 rings (SSSR count). The molecular weight excluding hydrogens is 366 g/mol. The standard InChI is InChI=1S/C23H19N3O3/c1-25(2)17-13-9-16(10-14-17)24-21(27)15-7-11-18(12-8-15)26-22(28)19-5-3-4-6-20(19)23(26)29/h3-14H,1-2H3,(H,24,27). The van der Waals surface area contributed by atoms with Crippen LogP contribution in [0, 0.1) is 0 Å². The van der Waals surface area contributed by atoms with E-state index in [1.165, 1.54) is 0 Å². The van der Waals surface area contributed by atoms with E-state index >= 15 is 0 Å². The van der Waals surface area contributed by atoms with E-state index in [4.69, 9.17) is 0 Å². The number of hydrogen-bond acceptors (Lipinski definition) is 4. The molecular formula is C23H19N3O3. The van der Waals surface area contributed by atoms with Gasteiger partial charge < -0.3 is 10.2 Å². The van der Waals surface area contributed by atoms with Gasteiger partial charge in [0, 0.05) is 31.0 Å². The van der Waals surface area contributed by atoms with Crippen LogP contribution in [0.5, 0.6) is 0 Å². The second kappa shape index (κ2) is 7.24. The first-order chi connectivity index (χ1) is 14.0. The first-order valence-electron chi connectivity index (χ1n) is 9.12. The van der Waals surface area contributed by atoms with Crippen molar-refractivity contribution in [2.75, 3.05) is 29.2 Å². The molecule has 144 valence electrons. The molecule has 0 unspecified atom stereocenters. The molecule has 0 bridgehead atoms. The lowest BCUT2D eigenvalue weighted by atomic mass is 10.1. The van der Waals surface area contributed by atoms with Gasteiger partial charge in [-0.1, -0.05) is 12.1 Å². The van der Waals surface area contributed by atoms with Crippen LogP contribution in [0.25, 0.3) is 0 Å². The molecule has 0 saturated carbocycles. The Labute approximate surface area is 168 Å². The lowest BCUT2D eigenvalue weighted by molar-refractivity contribution is 0.0925. The Morgan fingerprint density at radius 1 is 0.793 bits per heavy atom. The van der Waals surface area contributed by atoms with Crippen molar-refractivity contribution >= 4 is 34.8 Å². The zero-order chi connectivity index (χ0) is 20.5. The summed E-state index contributed by atoms with van der Waals surface area (Å²) in [6.45, 7) is 0. The largest absolute Gasteiger partial charge is 0.378 e. The number of carbonyl (C=O) groups is 3. The molecule has 3 aromatic rings. The Morgan fingerprint density at radius 3 is 1.86 bits per heavy atom. The molecule has 0 saturated heterocycles. The third-order valence-electron chi connectivity index (χ3n) is 4.82. The second-order valence-corrected chi connectivity index (χ2v) is 6.93. The maximum atomic E-state index is 12.6. The SMILES string of the molecule is CN(C)c1ccc(NC(=O)c2ccc(N3C(=O)c4ccccc4C3=O)cc2)cc1. The lowest BCUT2D eigenvalue weighted by Crippen LogP contribution is -2.29. The van der Waals surface area contributed by atoms with Crippen LogP contribution in [0.2, 0.25) is 0 Å². The van der Waals surface area contributed by atoms with Gasteiger partial charge in [-0.25, -0.2) is 4.90 Å². The predicted octanol–water partition coefficient (Wildman–Crippen LogP) is 3.81. The van der Waals surface area contributed by atoms with Crippen LogP contribution in [0.4, 0.5) is 17.1 Å². The number of nitrogens with one attached hydrogen (secondary N) is 1. The third-order valence-corrected chi connectivity index (χ3v) is 4.82. The fraction of sp³-hybridized carbons (Fsp3) is 0.0870. The van der Waals surface area contributed by atoms with Crippen molar-refractivity contribution in [2.45, 2.75) is 0 Å². The first-order valence-corrected chi connectivity index (χ1v) is 9.12. The molecule has 3 aromatic carbocycles. The predicted molar refractivity (Wildman–Crippen MR) is 113 cm³/mol. The fourth-order valence-electron chi connectivity index (χ4n) is 3.23. The summed E-state index contributed by atoms with van der Waals surface area (Å²) in [6.07, 6.45) is 0. The molecule has 0 aromatic heterocycles. The van der Waals surface area contributed by atoms with E-state index in [2.05, 4.69) is 5.32 Å². The number of rotatable bonds is 4. The van der Waals surface area contributed by atoms with Crippen LogP contribution in [-0.4, -0.2) is 31.8 Å². The van der Waals surface area contributed by atoms with Crippen molar-refractivity contribution in [1.29, 1.82) is 0 Å². The molecule has 0 atom stereocenters. The molecule has 29 heavy (non-hydrogen) atoms. The van der Waals surface area contributed by atoms with Crippen molar-refractivity contribution in [3.8, 4) is 0 Å². The highest BCUT2D eigenvalue weighted by Gasteiger charge is 2.36. The Balaban J connectivity index is 1.50. The molecule has 3 amide bonds. The molecule has 0 aliphatic carbocycles. The zero-order valence-corrected chi connectivity index (χ0v) is 16.0. The normalized spacial score (nSPS) is 12.7. The molecule has 0 spiro atoms. The molecule has 0 fully saturated rings. The zero-order valence-electron chi connectivity index (χ0n) is 16.0. The van der Waals surface area contributed by atoms with Crippen LogP contribution in [0.15, 0.2) is 72.8 Å². The average molecular weight is 385 g/mol. The highest BCUT2D eigenvalue weighted by atomic mass is 16.2. The van der Waals surface area contributed by atoms with Gasteiger partial charge in [0.2, 0.25) is 0 Å². The first kappa shape index (κ1) is 18.4. The van der Waals surface area contributed by atoms with E-state index in [1.54, 1.807) is 48.5 Å². The summed E-state index contributed by atoms with van der Waals surface area (Å²) in [5.74, 6) is -0.982. The topological polar surface area (TPSA) is 69.7 Å². The van der Waals surface area contributed by atoms with Crippen LogP contribution in [0.3, 0.4) is 0 Å². The van der Waals surface area contributed by atoms with Gasteiger partial charge in [-0.2, -0.15) is 0 Å². The number of benzene rings is 3. The van der Waals surface area contributed by atoms with Crippen molar-refractivity contribution in [1.82, 2.24) is 0 Å². The minimum Gasteiger partial charge on any atom is -0.378 e. The van der Waals surface area contributed by atoms with Gasteiger partial charge in [0.25, 0.3) is 17.7 Å². The summed E-state index contributed by atoms with van der Waals surface area (Å²) in [5, 5.41) is 2.84. The minimum atomic E-state index is -0.358. The highest BCUT2D eigenvalue weighted by Crippen LogP contribution is 2.28. The van der Waals surface area contributed by atoms with Gasteiger partial charge >= 0.3 is 0 Å². The summed E-state index contributed by atoms with van der Waals surface area (Å²) < 4.78 is 0. The number of imide groups is 1. The number of hydrogen-bond donors (Lipinski definition) is 1. The third kappa shape index (κ3) is 3.36. The van der Waals surface area contributed by atoms with Gasteiger partial charge in [0.15, 0.2) is 0 Å². The number of nitrogens with zero attached hydrogens (tertiary/aromatic N) is 2. The van der Waals surface area contributed by atoms with Crippen LogP contribution in [0.1, 0.15) is 31.1 Å². The maximum Gasteiger partial charge on any atom is 0.266 e. The minimum absolute atomic E-state index is 0.267. The van der Waals surface area contributed by atoms with Gasteiger partial charge in [-0.15, -0.1) is 0 Å².